The molecule has 3 rings (SSSR count). The molecule has 1 aliphatic rings. The summed E-state index contributed by atoms with van der Waals surface area (Å²) in [5.41, 5.74) is 3.99. The van der Waals surface area contributed by atoms with Gasteiger partial charge in [0.15, 0.2) is 0 Å². The van der Waals surface area contributed by atoms with Crippen LogP contribution in [0.25, 0.3) is 10.4 Å². The first-order valence-corrected chi connectivity index (χ1v) is 12.9. The van der Waals surface area contributed by atoms with E-state index in [0.29, 0.717) is 0 Å². The van der Waals surface area contributed by atoms with Crippen LogP contribution in [0.2, 0.25) is 0 Å². The van der Waals surface area contributed by atoms with E-state index in [0.717, 1.165) is 21.7 Å². The highest BCUT2D eigenvalue weighted by molar-refractivity contribution is 7.13. The van der Waals surface area contributed by atoms with Crippen molar-refractivity contribution in [1.29, 1.82) is 0 Å². The van der Waals surface area contributed by atoms with Crippen molar-refractivity contribution >= 4 is 35.0 Å². The maximum absolute atomic E-state index is 13.5. The fourth-order valence-corrected chi connectivity index (χ4v) is 5.01. The quantitative estimate of drug-likeness (QED) is 0.349. The third kappa shape index (κ3) is 7.14. The Balaban J connectivity index is 1.67. The van der Waals surface area contributed by atoms with Gasteiger partial charge in [-0.15, -0.1) is 11.3 Å². The van der Waals surface area contributed by atoms with Crippen LogP contribution in [0.4, 0.5) is 0 Å². The van der Waals surface area contributed by atoms with E-state index >= 15 is 0 Å². The number of nitrogens with zero attached hydrogens (tertiary/aromatic N) is 2. The Morgan fingerprint density at radius 2 is 1.89 bits per heavy atom. The molecule has 1 aromatic carbocycles. The van der Waals surface area contributed by atoms with Crippen LogP contribution < -0.4 is 10.6 Å². The summed E-state index contributed by atoms with van der Waals surface area (Å²) in [6, 6.07) is 5.91. The fourth-order valence-electron chi connectivity index (χ4n) is 4.20. The zero-order valence-corrected chi connectivity index (χ0v) is 22.6. The van der Waals surface area contributed by atoms with Crippen LogP contribution >= 0.6 is 11.3 Å². The molecular weight excluding hydrogens is 496 g/mol. The highest BCUT2D eigenvalue weighted by atomic mass is 32.1. The van der Waals surface area contributed by atoms with E-state index in [2.05, 4.69) is 20.4 Å². The monoisotopic (exact) mass is 530 g/mol. The van der Waals surface area contributed by atoms with Crippen LogP contribution in [0.3, 0.4) is 0 Å². The normalized spacial score (nSPS) is 18.3. The van der Waals surface area contributed by atoms with Crippen LogP contribution in [0.1, 0.15) is 44.9 Å². The lowest BCUT2D eigenvalue weighted by Crippen LogP contribution is -2.57. The molecule has 3 atom stereocenters. The molecule has 2 heterocycles. The van der Waals surface area contributed by atoms with Crippen LogP contribution in [0.5, 0.6) is 0 Å². The number of β-amino-alcohol motifs (C(OH)–C–C–N with tert-alkyl or cyclic N) is 1. The number of benzene rings is 1. The van der Waals surface area contributed by atoms with Crippen molar-refractivity contribution in [2.24, 2.45) is 5.41 Å². The van der Waals surface area contributed by atoms with E-state index in [9.17, 15) is 24.3 Å². The van der Waals surface area contributed by atoms with Crippen molar-refractivity contribution in [3.8, 4) is 10.4 Å². The summed E-state index contributed by atoms with van der Waals surface area (Å²) in [7, 11) is 1.17. The van der Waals surface area contributed by atoms with Crippen molar-refractivity contribution in [3.63, 3.8) is 0 Å². The van der Waals surface area contributed by atoms with Crippen LogP contribution in [0.15, 0.2) is 29.8 Å². The van der Waals surface area contributed by atoms with Gasteiger partial charge in [-0.1, -0.05) is 45.0 Å². The van der Waals surface area contributed by atoms with Gasteiger partial charge < -0.3 is 25.4 Å². The van der Waals surface area contributed by atoms with E-state index in [-0.39, 0.29) is 25.4 Å². The molecule has 37 heavy (non-hydrogen) atoms. The Labute approximate surface area is 220 Å². The number of ether oxygens (including phenoxy) is 1. The number of aliphatic hydroxyl groups is 1. The molecule has 0 spiro atoms. The van der Waals surface area contributed by atoms with E-state index in [1.54, 1.807) is 37.6 Å². The second-order valence-electron chi connectivity index (χ2n) is 10.2. The minimum Gasteiger partial charge on any atom is -0.469 e. The van der Waals surface area contributed by atoms with E-state index in [1.807, 2.05) is 31.2 Å². The maximum Gasteiger partial charge on any atom is 0.315 e. The molecule has 1 aromatic heterocycles. The van der Waals surface area contributed by atoms with Gasteiger partial charge in [-0.05, 0) is 23.5 Å². The standard InChI is InChI=1S/C26H34N4O6S/c1-15-22(37-14-28-15)17-8-6-16(7-9-17)12-27-24(34)19-10-18(31)13-30(19)25(35)23(26(2,3)4)29-20(32)11-21(33)36-5/h6-9,14,18-19,23,31H,10-13H2,1-5H3,(H,27,34)(H,29,32)/t18-,19+,23?/m1/s1. The van der Waals surface area contributed by atoms with Crippen LogP contribution in [-0.2, 0) is 30.5 Å². The molecule has 0 bridgehead atoms. The van der Waals surface area contributed by atoms with E-state index in [1.165, 1.54) is 12.0 Å². The average molecular weight is 531 g/mol. The number of rotatable bonds is 8. The molecule has 1 unspecified atom stereocenters. The Morgan fingerprint density at radius 3 is 2.46 bits per heavy atom. The van der Waals surface area contributed by atoms with Gasteiger partial charge in [-0.3, -0.25) is 19.2 Å². The van der Waals surface area contributed by atoms with Gasteiger partial charge in [0.25, 0.3) is 0 Å². The zero-order valence-electron chi connectivity index (χ0n) is 21.7. The highest BCUT2D eigenvalue weighted by Crippen LogP contribution is 2.28. The molecule has 1 aliphatic heterocycles. The first kappa shape index (κ1) is 28.3. The second-order valence-corrected chi connectivity index (χ2v) is 11.1. The molecule has 1 saturated heterocycles. The molecule has 10 nitrogen and oxygen atoms in total. The number of amides is 3. The van der Waals surface area contributed by atoms with Crippen molar-refractivity contribution < 1.29 is 29.0 Å². The van der Waals surface area contributed by atoms with Gasteiger partial charge >= 0.3 is 5.97 Å². The summed E-state index contributed by atoms with van der Waals surface area (Å²) in [4.78, 5) is 57.1. The third-order valence-corrected chi connectivity index (χ3v) is 7.22. The Morgan fingerprint density at radius 1 is 1.22 bits per heavy atom. The number of esters is 1. The number of likely N-dealkylation sites (tertiary alicyclic amines) is 1. The number of methoxy groups -OCH3 is 1. The predicted octanol–water partition coefficient (Wildman–Crippen LogP) is 1.79. The average Bonchev–Trinajstić information content (AvgIpc) is 3.45. The Bertz CT molecular complexity index is 1140. The number of aryl methyl sites for hydroxylation is 1. The lowest BCUT2D eigenvalue weighted by atomic mass is 9.85. The Kier molecular flexibility index (Phi) is 9.03. The van der Waals surface area contributed by atoms with Gasteiger partial charge in [0.1, 0.15) is 18.5 Å². The number of thiazole rings is 1. The number of carbonyl (C=O) groups is 4. The molecule has 0 aliphatic carbocycles. The highest BCUT2D eigenvalue weighted by Gasteiger charge is 2.44. The first-order valence-electron chi connectivity index (χ1n) is 12.0. The van der Waals surface area contributed by atoms with Crippen LogP contribution in [-0.4, -0.2) is 70.5 Å². The molecular formula is C26H34N4O6S. The summed E-state index contributed by atoms with van der Waals surface area (Å²) >= 11 is 1.57. The smallest absolute Gasteiger partial charge is 0.315 e. The Hall–Kier alpha value is -3.31. The molecule has 200 valence electrons. The SMILES string of the molecule is COC(=O)CC(=O)NC(C(=O)N1C[C@H](O)C[C@H]1C(=O)NCc1ccc(-c2scnc2C)cc1)C(C)(C)C. The van der Waals surface area contributed by atoms with Gasteiger partial charge in [-0.25, -0.2) is 4.98 Å². The number of hydrogen-bond acceptors (Lipinski definition) is 8. The minimum absolute atomic E-state index is 0.0285. The number of carbonyl (C=O) groups excluding carboxylic acids is 4. The molecule has 2 aromatic rings. The van der Waals surface area contributed by atoms with Crippen LogP contribution in [0, 0.1) is 12.3 Å². The number of nitrogens with one attached hydrogen (secondary N) is 2. The number of aliphatic hydroxyl groups excluding tert-OH is 1. The summed E-state index contributed by atoms with van der Waals surface area (Å²) in [6.07, 6.45) is -1.30. The predicted molar refractivity (Wildman–Crippen MR) is 138 cm³/mol. The second kappa shape index (κ2) is 11.8. The summed E-state index contributed by atoms with van der Waals surface area (Å²) in [5, 5.41) is 15.8. The first-order chi connectivity index (χ1) is 17.4. The molecule has 0 radical (unpaired) electrons. The van der Waals surface area contributed by atoms with Gasteiger partial charge in [0.05, 0.1) is 29.3 Å². The van der Waals surface area contributed by atoms with Gasteiger partial charge in [0.2, 0.25) is 17.7 Å². The number of aromatic nitrogens is 1. The molecule has 11 heteroatoms. The summed E-state index contributed by atoms with van der Waals surface area (Å²) < 4.78 is 4.52. The van der Waals surface area contributed by atoms with E-state index in [4.69, 9.17) is 0 Å². The zero-order chi connectivity index (χ0) is 27.3. The van der Waals surface area contributed by atoms with Gasteiger partial charge in [-0.2, -0.15) is 0 Å². The van der Waals surface area contributed by atoms with Crippen molar-refractivity contribution in [2.75, 3.05) is 13.7 Å². The van der Waals surface area contributed by atoms with Crippen molar-refractivity contribution in [2.45, 2.75) is 65.3 Å². The lowest BCUT2D eigenvalue weighted by Gasteiger charge is -2.35. The fraction of sp³-hybridized carbons (Fsp3) is 0.500. The van der Waals surface area contributed by atoms with Gasteiger partial charge in [0, 0.05) is 19.5 Å². The van der Waals surface area contributed by atoms with Crippen molar-refractivity contribution in [3.05, 3.63) is 41.0 Å². The summed E-state index contributed by atoms with van der Waals surface area (Å²) in [5.74, 6) is -2.26. The topological polar surface area (TPSA) is 138 Å². The largest absolute Gasteiger partial charge is 0.469 e. The third-order valence-electron chi connectivity index (χ3n) is 6.24. The summed E-state index contributed by atoms with van der Waals surface area (Å²) in [6.45, 7) is 7.50. The van der Waals surface area contributed by atoms with Crippen molar-refractivity contribution in [1.82, 2.24) is 20.5 Å². The number of hydrogen-bond donors (Lipinski definition) is 3. The molecule has 3 amide bonds. The maximum atomic E-state index is 13.5. The van der Waals surface area contributed by atoms with E-state index < -0.39 is 47.8 Å². The molecule has 0 saturated carbocycles. The lowest BCUT2D eigenvalue weighted by molar-refractivity contribution is -0.147. The molecule has 3 N–H and O–H groups in total. The molecule has 1 fully saturated rings. The minimum atomic E-state index is -1.01.